The molecule has 3 unspecified atom stereocenters. The van der Waals surface area contributed by atoms with Gasteiger partial charge in [0.05, 0.1) is 5.92 Å². The Bertz CT molecular complexity index is 1870. The number of fused-ring (bicyclic) bond motifs is 6. The number of rotatable bonds is 0. The molecule has 0 bridgehead atoms. The van der Waals surface area contributed by atoms with E-state index >= 15 is 0 Å². The molecule has 0 aliphatic heterocycles. The maximum Gasteiger partial charge on any atom is 0.163 e. The van der Waals surface area contributed by atoms with E-state index in [0.717, 1.165) is 12.8 Å². The summed E-state index contributed by atoms with van der Waals surface area (Å²) >= 11 is 0. The number of allylic oxidation sites excluding steroid dienone is 7. The summed E-state index contributed by atoms with van der Waals surface area (Å²) in [4.78, 5) is 13.0. The van der Waals surface area contributed by atoms with Crippen LogP contribution in [0, 0.1) is 11.8 Å². The van der Waals surface area contributed by atoms with Crippen LogP contribution in [0.25, 0.3) is 44.8 Å². The molecule has 4 aromatic rings. The summed E-state index contributed by atoms with van der Waals surface area (Å²) in [5.74, 6) is 0.760. The predicted molar refractivity (Wildman–Crippen MR) is 143 cm³/mol. The molecule has 0 amide bonds. The van der Waals surface area contributed by atoms with Crippen LogP contribution in [0.4, 0.5) is 0 Å². The van der Waals surface area contributed by atoms with E-state index in [1.165, 1.54) is 71.3 Å². The number of carbonyl (C=O) groups excluding carboxylic acids is 1. The van der Waals surface area contributed by atoms with Gasteiger partial charge >= 0.3 is 0 Å². The van der Waals surface area contributed by atoms with Crippen LogP contribution >= 0.6 is 0 Å². The molecule has 3 atom stereocenters. The number of carbonyl (C=O) groups is 1. The van der Waals surface area contributed by atoms with Crippen molar-refractivity contribution in [1.29, 1.82) is 0 Å². The van der Waals surface area contributed by atoms with Gasteiger partial charge in [-0.05, 0) is 79.1 Å². The van der Waals surface area contributed by atoms with Gasteiger partial charge in [0.25, 0.3) is 0 Å². The predicted octanol–water partition coefficient (Wildman–Crippen LogP) is 6.82. The van der Waals surface area contributed by atoms with Gasteiger partial charge < -0.3 is 0 Å². The van der Waals surface area contributed by atoms with Crippen LogP contribution in [0.15, 0.2) is 90.1 Å². The lowest BCUT2D eigenvalue weighted by molar-refractivity contribution is -0.118. The average molecular weight is 447 g/mol. The van der Waals surface area contributed by atoms with Gasteiger partial charge in [-0.2, -0.15) is 0 Å². The van der Waals surface area contributed by atoms with Crippen LogP contribution in [0.3, 0.4) is 0 Å². The largest absolute Gasteiger partial charge is 0.294 e. The zero-order valence-corrected chi connectivity index (χ0v) is 19.2. The maximum absolute atomic E-state index is 13.0. The zero-order valence-electron chi connectivity index (χ0n) is 19.2. The molecular formula is C34H22O. The first-order chi connectivity index (χ1) is 17.3. The highest BCUT2D eigenvalue weighted by Crippen LogP contribution is 2.54. The minimum Gasteiger partial charge on any atom is -0.294 e. The van der Waals surface area contributed by atoms with Crippen molar-refractivity contribution < 1.29 is 4.79 Å². The lowest BCUT2D eigenvalue weighted by Gasteiger charge is -2.44. The second-order valence-electron chi connectivity index (χ2n) is 10.7. The van der Waals surface area contributed by atoms with Gasteiger partial charge in [0.15, 0.2) is 5.78 Å². The lowest BCUT2D eigenvalue weighted by atomic mass is 9.58. The van der Waals surface area contributed by atoms with E-state index in [1.807, 2.05) is 6.08 Å². The first-order valence-electron chi connectivity index (χ1n) is 12.7. The molecule has 0 heterocycles. The Morgan fingerprint density at radius 2 is 1.57 bits per heavy atom. The van der Waals surface area contributed by atoms with E-state index in [0.29, 0.717) is 5.92 Å². The quantitative estimate of drug-likeness (QED) is 0.255. The number of benzene rings is 4. The van der Waals surface area contributed by atoms with Gasteiger partial charge in [0.1, 0.15) is 0 Å². The fourth-order valence-electron chi connectivity index (χ4n) is 7.87. The van der Waals surface area contributed by atoms with Crippen molar-refractivity contribution in [3.8, 4) is 11.1 Å². The van der Waals surface area contributed by atoms with E-state index in [9.17, 15) is 4.79 Å². The molecular weight excluding hydrogens is 424 g/mol. The second kappa shape index (κ2) is 6.17. The molecule has 0 radical (unpaired) electrons. The molecule has 5 aliphatic carbocycles. The zero-order chi connectivity index (χ0) is 22.8. The van der Waals surface area contributed by atoms with Gasteiger partial charge in [-0.25, -0.2) is 0 Å². The molecule has 164 valence electrons. The summed E-state index contributed by atoms with van der Waals surface area (Å²) in [6, 6.07) is 18.3. The highest BCUT2D eigenvalue weighted by Gasteiger charge is 2.45. The van der Waals surface area contributed by atoms with Crippen molar-refractivity contribution in [2.24, 2.45) is 11.8 Å². The molecule has 1 nitrogen and oxygen atoms in total. The summed E-state index contributed by atoms with van der Waals surface area (Å²) in [6.45, 7) is 0. The lowest BCUT2D eigenvalue weighted by Crippen LogP contribution is -2.39. The van der Waals surface area contributed by atoms with Gasteiger partial charge in [-0.1, -0.05) is 96.1 Å². The molecule has 4 aromatic carbocycles. The fourth-order valence-corrected chi connectivity index (χ4v) is 7.87. The molecule has 5 aliphatic rings. The summed E-state index contributed by atoms with van der Waals surface area (Å²) in [6.07, 6.45) is 17.2. The maximum atomic E-state index is 13.0. The van der Waals surface area contributed by atoms with E-state index < -0.39 is 0 Å². The Hall–Kier alpha value is -3.97. The minimum absolute atomic E-state index is 0.0138. The summed E-state index contributed by atoms with van der Waals surface area (Å²) < 4.78 is 0. The van der Waals surface area contributed by atoms with E-state index in [2.05, 4.69) is 78.9 Å². The Morgan fingerprint density at radius 1 is 0.686 bits per heavy atom. The topological polar surface area (TPSA) is 17.1 Å². The van der Waals surface area contributed by atoms with Crippen molar-refractivity contribution in [1.82, 2.24) is 0 Å². The third-order valence-electron chi connectivity index (χ3n) is 9.21. The number of hydrogen-bond acceptors (Lipinski definition) is 1. The second-order valence-corrected chi connectivity index (χ2v) is 10.7. The first kappa shape index (κ1) is 18.4. The van der Waals surface area contributed by atoms with Crippen LogP contribution < -0.4 is 5.22 Å². The molecule has 35 heavy (non-hydrogen) atoms. The summed E-state index contributed by atoms with van der Waals surface area (Å²) in [7, 11) is 0. The Balaban J connectivity index is 1.40. The standard InChI is InChI=1S/C34H22O/c35-29-7-3-5-19-17-21-9-11-25-24-10-8-20-16-18-4-1-2-6-22(18)23-12-13-26(33(24)31(20)23)27-14-15-28(30(19)29)32(21)34(25)27/h1-15,28,30,32H,16-17H2. The van der Waals surface area contributed by atoms with E-state index in [1.54, 1.807) is 6.08 Å². The molecule has 1 heteroatoms. The molecule has 1 fully saturated rings. The van der Waals surface area contributed by atoms with Crippen molar-refractivity contribution in [2.45, 2.75) is 18.8 Å². The third-order valence-corrected chi connectivity index (χ3v) is 9.21. The molecule has 0 aromatic heterocycles. The van der Waals surface area contributed by atoms with Crippen LogP contribution in [-0.2, 0) is 11.2 Å². The van der Waals surface area contributed by atoms with Crippen molar-refractivity contribution in [2.75, 3.05) is 0 Å². The summed E-state index contributed by atoms with van der Waals surface area (Å²) in [5.41, 5.74) is 11.1. The molecule has 1 saturated carbocycles. The van der Waals surface area contributed by atoms with Gasteiger partial charge in [0.2, 0.25) is 0 Å². The Labute approximate surface area is 203 Å². The highest BCUT2D eigenvalue weighted by molar-refractivity contribution is 6.20. The van der Waals surface area contributed by atoms with Crippen LogP contribution in [0.5, 0.6) is 0 Å². The van der Waals surface area contributed by atoms with Crippen molar-refractivity contribution >= 4 is 39.5 Å². The van der Waals surface area contributed by atoms with Gasteiger partial charge in [-0.15, -0.1) is 0 Å². The average Bonchev–Trinajstić information content (AvgIpc) is 2.90. The Kier molecular flexibility index (Phi) is 3.24. The van der Waals surface area contributed by atoms with Gasteiger partial charge in [-0.3, -0.25) is 4.79 Å². The third kappa shape index (κ3) is 2.14. The molecule has 0 spiro atoms. The highest BCUT2D eigenvalue weighted by atomic mass is 16.1. The van der Waals surface area contributed by atoms with Gasteiger partial charge in [0, 0.05) is 11.8 Å². The fraction of sp³-hybridized carbons (Fsp3) is 0.147. The Morgan fingerprint density at radius 3 is 2.54 bits per heavy atom. The molecule has 9 rings (SSSR count). The van der Waals surface area contributed by atoms with Crippen molar-refractivity contribution in [3.05, 3.63) is 118 Å². The van der Waals surface area contributed by atoms with Crippen LogP contribution in [-0.4, -0.2) is 5.78 Å². The SMILES string of the molecule is O=C1C=CC=C2CC3=CC=c4c5c(c6ccc7c8c(ccc4c68)Cc4ccccc4-7)C=CC(C12)C35. The monoisotopic (exact) mass is 446 g/mol. The van der Waals surface area contributed by atoms with Crippen LogP contribution in [0.1, 0.15) is 34.6 Å². The number of ketones is 1. The van der Waals surface area contributed by atoms with Crippen LogP contribution in [0.2, 0.25) is 0 Å². The molecule has 0 saturated heterocycles. The minimum atomic E-state index is -0.0138. The van der Waals surface area contributed by atoms with E-state index in [4.69, 9.17) is 0 Å². The van der Waals surface area contributed by atoms with Crippen molar-refractivity contribution in [3.63, 3.8) is 0 Å². The molecule has 0 N–H and O–H groups in total. The van der Waals surface area contributed by atoms with E-state index in [-0.39, 0.29) is 17.6 Å². The smallest absolute Gasteiger partial charge is 0.163 e. The summed E-state index contributed by atoms with van der Waals surface area (Å²) in [5, 5.41) is 6.92. The normalized spacial score (nSPS) is 24.5. The first-order valence-corrected chi connectivity index (χ1v) is 12.7. The number of hydrogen-bond donors (Lipinski definition) is 0.